The molecule has 29 heavy (non-hydrogen) atoms. The fourth-order valence-corrected chi connectivity index (χ4v) is 9.55. The summed E-state index contributed by atoms with van der Waals surface area (Å²) in [4.78, 5) is 25.1. The zero-order valence-electron chi connectivity index (χ0n) is 17.6. The van der Waals surface area contributed by atoms with E-state index >= 15 is 0 Å². The number of ether oxygens (including phenoxy) is 1. The highest BCUT2D eigenvalue weighted by Gasteiger charge is 2.53. The van der Waals surface area contributed by atoms with Crippen molar-refractivity contribution in [2.24, 2.45) is 0 Å². The Hall–Kier alpha value is -2.66. The Labute approximate surface area is 174 Å². The zero-order valence-corrected chi connectivity index (χ0v) is 18.6. The predicted molar refractivity (Wildman–Crippen MR) is 119 cm³/mol. The average molecular weight is 411 g/mol. The monoisotopic (exact) mass is 410 g/mol. The Morgan fingerprint density at radius 2 is 1.45 bits per heavy atom. The molecule has 1 N–H and O–H groups in total. The average Bonchev–Trinajstić information content (AvgIpc) is 2.68. The Morgan fingerprint density at radius 3 is 1.83 bits per heavy atom. The molecule has 0 bridgehead atoms. The molecule has 0 aromatic heterocycles. The van der Waals surface area contributed by atoms with Crippen LogP contribution in [0.3, 0.4) is 0 Å². The first kappa shape index (κ1) is 22.6. The van der Waals surface area contributed by atoms with Gasteiger partial charge in [-0.25, -0.2) is 9.59 Å². The summed E-state index contributed by atoms with van der Waals surface area (Å²) >= 11 is 0. The number of hydrogen-bond donors (Lipinski definition) is 1. The van der Waals surface area contributed by atoms with E-state index in [2.05, 4.69) is 20.8 Å². The number of unbranched alkanes of at least 4 members (excludes halogenated alkanes) is 1. The van der Waals surface area contributed by atoms with E-state index in [9.17, 15) is 14.7 Å². The molecular formula is C24H30O4Si. The maximum absolute atomic E-state index is 13.3. The Balaban J connectivity index is 2.85. The lowest BCUT2D eigenvalue weighted by molar-refractivity contribution is -0.139. The molecule has 0 spiro atoms. The standard InChI is InChI=1S/C24H30O4Si/c1-5-6-17-28-23(27)21(18-22(25)26)29(24(2,3)4,19-13-9-7-10-14-19)20-15-11-8-12-16-20/h7-16,18H,5-6,17H2,1-4H3,(H,25,26)/b21-18-. The van der Waals surface area contributed by atoms with Gasteiger partial charge in [0.05, 0.1) is 6.61 Å². The van der Waals surface area contributed by atoms with Crippen molar-refractivity contribution in [2.75, 3.05) is 6.61 Å². The van der Waals surface area contributed by atoms with Crippen molar-refractivity contribution in [3.05, 3.63) is 71.9 Å². The molecule has 0 atom stereocenters. The predicted octanol–water partition coefficient (Wildman–Crippen LogP) is 3.94. The van der Waals surface area contributed by atoms with Gasteiger partial charge in [-0.2, -0.15) is 0 Å². The molecule has 5 heteroatoms. The fourth-order valence-electron chi connectivity index (χ4n) is 3.95. The maximum atomic E-state index is 13.3. The number of carbonyl (C=O) groups excluding carboxylic acids is 1. The topological polar surface area (TPSA) is 63.6 Å². The molecule has 0 saturated heterocycles. The van der Waals surface area contributed by atoms with Gasteiger partial charge in [-0.05, 0) is 21.8 Å². The number of carboxylic acids is 1. The van der Waals surface area contributed by atoms with Crippen molar-refractivity contribution in [3.63, 3.8) is 0 Å². The van der Waals surface area contributed by atoms with E-state index in [4.69, 9.17) is 4.74 Å². The van der Waals surface area contributed by atoms with E-state index in [0.717, 1.165) is 29.3 Å². The minimum atomic E-state index is -3.06. The van der Waals surface area contributed by atoms with E-state index < -0.39 is 20.0 Å². The Morgan fingerprint density at radius 1 is 0.966 bits per heavy atom. The maximum Gasteiger partial charge on any atom is 0.330 e. The van der Waals surface area contributed by atoms with Crippen LogP contribution in [0.1, 0.15) is 40.5 Å². The van der Waals surface area contributed by atoms with Crippen molar-refractivity contribution in [1.82, 2.24) is 0 Å². The van der Waals surface area contributed by atoms with Crippen LogP contribution in [0.4, 0.5) is 0 Å². The molecular weight excluding hydrogens is 380 g/mol. The first-order chi connectivity index (χ1) is 13.7. The minimum Gasteiger partial charge on any atom is -0.478 e. The second-order valence-electron chi connectivity index (χ2n) is 8.12. The van der Waals surface area contributed by atoms with Gasteiger partial charge in [-0.3, -0.25) is 0 Å². The van der Waals surface area contributed by atoms with Gasteiger partial charge < -0.3 is 9.84 Å². The quantitative estimate of drug-likeness (QED) is 0.310. The smallest absolute Gasteiger partial charge is 0.330 e. The van der Waals surface area contributed by atoms with Gasteiger partial charge in [0.2, 0.25) is 0 Å². The molecule has 0 aliphatic heterocycles. The SMILES string of the molecule is CCCCOC(=O)/C(=C/C(=O)O)[Si](c1ccccc1)(c1ccccc1)C(C)(C)C. The molecule has 0 fully saturated rings. The minimum absolute atomic E-state index is 0.269. The third kappa shape index (κ3) is 4.85. The third-order valence-electron chi connectivity index (χ3n) is 5.16. The number of hydrogen-bond acceptors (Lipinski definition) is 3. The largest absolute Gasteiger partial charge is 0.478 e. The lowest BCUT2D eigenvalue weighted by Gasteiger charge is -2.44. The number of rotatable bonds is 8. The molecule has 154 valence electrons. The molecule has 2 aromatic carbocycles. The summed E-state index contributed by atoms with van der Waals surface area (Å²) in [5, 5.41) is 11.5. The number of aliphatic carboxylic acids is 1. The summed E-state index contributed by atoms with van der Waals surface area (Å²) < 4.78 is 5.55. The van der Waals surface area contributed by atoms with E-state index in [0.29, 0.717) is 0 Å². The molecule has 0 radical (unpaired) electrons. The van der Waals surface area contributed by atoms with Crippen molar-refractivity contribution < 1.29 is 19.4 Å². The van der Waals surface area contributed by atoms with Gasteiger partial charge in [0.1, 0.15) is 0 Å². The molecule has 2 rings (SSSR count). The third-order valence-corrected chi connectivity index (χ3v) is 11.0. The van der Waals surface area contributed by atoms with Crippen LogP contribution in [0.15, 0.2) is 71.9 Å². The first-order valence-electron chi connectivity index (χ1n) is 9.98. The summed E-state index contributed by atoms with van der Waals surface area (Å²) in [7, 11) is -3.06. The summed E-state index contributed by atoms with van der Waals surface area (Å²) in [6.07, 6.45) is 2.71. The van der Waals surface area contributed by atoms with Crippen molar-refractivity contribution >= 4 is 30.4 Å². The van der Waals surface area contributed by atoms with Crippen molar-refractivity contribution in [1.29, 1.82) is 0 Å². The first-order valence-corrected chi connectivity index (χ1v) is 12.0. The molecule has 2 aromatic rings. The summed E-state index contributed by atoms with van der Waals surface area (Å²) in [6, 6.07) is 19.6. The molecule has 0 unspecified atom stereocenters. The van der Waals surface area contributed by atoms with Gasteiger partial charge in [0, 0.05) is 11.3 Å². The molecule has 0 aliphatic rings. The van der Waals surface area contributed by atoms with Gasteiger partial charge in [0.25, 0.3) is 0 Å². The number of benzene rings is 2. The molecule has 0 aliphatic carbocycles. The van der Waals surface area contributed by atoms with Gasteiger partial charge in [0.15, 0.2) is 8.07 Å². The molecule has 0 saturated carbocycles. The van der Waals surface area contributed by atoms with E-state index in [-0.39, 0.29) is 16.8 Å². The van der Waals surface area contributed by atoms with Crippen molar-refractivity contribution in [2.45, 2.75) is 45.6 Å². The van der Waals surface area contributed by atoms with Crippen LogP contribution in [0.2, 0.25) is 5.04 Å². The summed E-state index contributed by atoms with van der Waals surface area (Å²) in [5.74, 6) is -1.67. The van der Waals surface area contributed by atoms with Gasteiger partial charge >= 0.3 is 11.9 Å². The molecule has 0 amide bonds. The normalized spacial score (nSPS) is 12.5. The van der Waals surface area contributed by atoms with Crippen LogP contribution >= 0.6 is 0 Å². The lowest BCUT2D eigenvalue weighted by Crippen LogP contribution is -2.67. The van der Waals surface area contributed by atoms with E-state index in [1.807, 2.05) is 67.6 Å². The summed E-state index contributed by atoms with van der Waals surface area (Å²) in [6.45, 7) is 8.53. The van der Waals surface area contributed by atoms with Crippen LogP contribution in [0, 0.1) is 0 Å². The van der Waals surface area contributed by atoms with Crippen LogP contribution in [-0.4, -0.2) is 31.7 Å². The fraction of sp³-hybridized carbons (Fsp3) is 0.333. The highest BCUT2D eigenvalue weighted by Crippen LogP contribution is 2.41. The Bertz CT molecular complexity index is 812. The highest BCUT2D eigenvalue weighted by molar-refractivity contribution is 7.11. The Kier molecular flexibility index (Phi) is 7.57. The zero-order chi connectivity index (χ0) is 21.5. The van der Waals surface area contributed by atoms with E-state index in [1.165, 1.54) is 0 Å². The van der Waals surface area contributed by atoms with E-state index in [1.54, 1.807) is 0 Å². The molecule has 0 heterocycles. The second-order valence-corrected chi connectivity index (χ2v) is 12.8. The van der Waals surface area contributed by atoms with Gasteiger partial charge in [-0.1, -0.05) is 94.8 Å². The number of esters is 1. The van der Waals surface area contributed by atoms with Crippen LogP contribution in [0.25, 0.3) is 0 Å². The number of carboxylic acid groups (broad SMARTS) is 1. The molecule has 4 nitrogen and oxygen atoms in total. The van der Waals surface area contributed by atoms with Crippen LogP contribution in [0.5, 0.6) is 0 Å². The van der Waals surface area contributed by atoms with Gasteiger partial charge in [-0.15, -0.1) is 0 Å². The highest BCUT2D eigenvalue weighted by atomic mass is 28.3. The number of carbonyl (C=O) groups is 2. The van der Waals surface area contributed by atoms with Crippen LogP contribution < -0.4 is 10.4 Å². The lowest BCUT2D eigenvalue weighted by atomic mass is 10.2. The van der Waals surface area contributed by atoms with Crippen LogP contribution in [-0.2, 0) is 14.3 Å². The van der Waals surface area contributed by atoms with Crippen molar-refractivity contribution in [3.8, 4) is 0 Å². The second kappa shape index (κ2) is 9.70. The summed E-state index contributed by atoms with van der Waals surface area (Å²) in [5.41, 5.74) is 0.